The first-order valence-electron chi connectivity index (χ1n) is 13.1. The second-order valence-electron chi connectivity index (χ2n) is 9.90. The lowest BCUT2D eigenvalue weighted by molar-refractivity contribution is -0.192. The standard InChI is InChI=1S/C26H29N7O2.C2HF3O2/c1-4-5-13-32-23-22(29-26(32)31-12-8-10-19(27)15-31)24(34)30(3)33(25(23)35)16-21-20-11-7-6-9-18(20)14-17(2)28-21;3-2(4,5)1(6)7/h6-7,9,11,14,19H,8,10,12-13,15-16,27H2,1-3H3;(H,6,7)/t19-;/m1./s1. The van der Waals surface area contributed by atoms with Crippen LogP contribution in [0.5, 0.6) is 0 Å². The second kappa shape index (κ2) is 12.1. The van der Waals surface area contributed by atoms with Gasteiger partial charge in [-0.05, 0) is 38.1 Å². The Kier molecular flexibility index (Phi) is 8.72. The Labute approximate surface area is 238 Å². The summed E-state index contributed by atoms with van der Waals surface area (Å²) in [6.45, 7) is 5.50. The number of hydrogen-bond acceptors (Lipinski definition) is 7. The van der Waals surface area contributed by atoms with Gasteiger partial charge in [0.15, 0.2) is 5.52 Å². The smallest absolute Gasteiger partial charge is 0.475 e. The Hall–Kier alpha value is -4.64. The summed E-state index contributed by atoms with van der Waals surface area (Å²) < 4.78 is 36.3. The molecule has 14 heteroatoms. The Morgan fingerprint density at radius 2 is 1.88 bits per heavy atom. The average molecular weight is 586 g/mol. The molecule has 42 heavy (non-hydrogen) atoms. The van der Waals surface area contributed by atoms with E-state index in [4.69, 9.17) is 20.6 Å². The van der Waals surface area contributed by atoms with Crippen molar-refractivity contribution in [3.05, 3.63) is 62.4 Å². The molecule has 4 heterocycles. The molecule has 0 unspecified atom stereocenters. The number of alkyl halides is 3. The number of nitrogens with two attached hydrogens (primary N) is 1. The van der Waals surface area contributed by atoms with E-state index in [-0.39, 0.29) is 41.3 Å². The van der Waals surface area contributed by atoms with Gasteiger partial charge in [-0.2, -0.15) is 13.2 Å². The molecule has 0 aliphatic carbocycles. The van der Waals surface area contributed by atoms with Gasteiger partial charge in [-0.3, -0.25) is 19.1 Å². The minimum absolute atomic E-state index is 0.0226. The number of nitrogens with zero attached hydrogens (tertiary/aromatic N) is 6. The monoisotopic (exact) mass is 585 g/mol. The number of hydrogen-bond donors (Lipinski definition) is 2. The number of anilines is 1. The van der Waals surface area contributed by atoms with Crippen LogP contribution in [0.25, 0.3) is 21.8 Å². The Morgan fingerprint density at radius 3 is 2.52 bits per heavy atom. The van der Waals surface area contributed by atoms with E-state index >= 15 is 0 Å². The number of fused-ring (bicyclic) bond motifs is 2. The third-order valence-corrected chi connectivity index (χ3v) is 6.89. The maximum absolute atomic E-state index is 13.9. The first kappa shape index (κ1) is 30.3. The normalized spacial score (nSPS) is 15.2. The van der Waals surface area contributed by atoms with Crippen LogP contribution in [-0.4, -0.2) is 60.3 Å². The van der Waals surface area contributed by atoms with Gasteiger partial charge in [0.25, 0.3) is 11.1 Å². The van der Waals surface area contributed by atoms with E-state index in [0.29, 0.717) is 12.5 Å². The minimum Gasteiger partial charge on any atom is -0.475 e. The topological polar surface area (TPSA) is 141 Å². The highest BCUT2D eigenvalue weighted by Crippen LogP contribution is 2.23. The number of piperidine rings is 1. The fourth-order valence-electron chi connectivity index (χ4n) is 4.93. The maximum atomic E-state index is 13.9. The number of carboxylic acids is 1. The molecule has 0 spiro atoms. The number of carbonyl (C=O) groups is 1. The van der Waals surface area contributed by atoms with Gasteiger partial charge in [0.1, 0.15) is 5.52 Å². The molecule has 0 radical (unpaired) electrons. The molecule has 4 aromatic rings. The zero-order chi connectivity index (χ0) is 30.8. The van der Waals surface area contributed by atoms with Crippen molar-refractivity contribution < 1.29 is 23.1 Å². The van der Waals surface area contributed by atoms with Gasteiger partial charge < -0.3 is 15.7 Å². The largest absolute Gasteiger partial charge is 0.490 e. The molecule has 0 bridgehead atoms. The van der Waals surface area contributed by atoms with E-state index in [2.05, 4.69) is 21.7 Å². The number of aliphatic carboxylic acids is 1. The second-order valence-corrected chi connectivity index (χ2v) is 9.90. The van der Waals surface area contributed by atoms with Crippen molar-refractivity contribution in [2.24, 2.45) is 12.8 Å². The van der Waals surface area contributed by atoms with Gasteiger partial charge in [-0.1, -0.05) is 30.2 Å². The summed E-state index contributed by atoms with van der Waals surface area (Å²) in [5, 5.41) is 9.12. The SMILES string of the molecule is CC#CCn1c(N2CCC[C@@H](N)C2)nc2c(=O)n(C)n(Cc3nc(C)cc4ccccc34)c(=O)c21.O=C(O)C(F)(F)F. The lowest BCUT2D eigenvalue weighted by atomic mass is 10.1. The number of carboxylic acid groups (broad SMARTS) is 1. The average Bonchev–Trinajstić information content (AvgIpc) is 3.32. The highest BCUT2D eigenvalue weighted by molar-refractivity contribution is 5.85. The number of pyridine rings is 1. The molecule has 1 aromatic carbocycles. The molecule has 3 aromatic heterocycles. The number of imidazole rings is 1. The molecular weight excluding hydrogens is 555 g/mol. The molecule has 1 atom stereocenters. The molecule has 1 saturated heterocycles. The molecule has 11 nitrogen and oxygen atoms in total. The maximum Gasteiger partial charge on any atom is 0.490 e. The van der Waals surface area contributed by atoms with Crippen molar-refractivity contribution in [3.8, 4) is 11.8 Å². The Morgan fingerprint density at radius 1 is 1.19 bits per heavy atom. The molecule has 0 amide bonds. The van der Waals surface area contributed by atoms with Crippen LogP contribution < -0.4 is 21.8 Å². The lowest BCUT2D eigenvalue weighted by Gasteiger charge is -2.31. The molecular formula is C28H30F3N7O4. The minimum atomic E-state index is -5.08. The number of aryl methyl sites for hydroxylation is 1. The molecule has 3 N–H and O–H groups in total. The first-order chi connectivity index (χ1) is 19.8. The van der Waals surface area contributed by atoms with Crippen LogP contribution in [0.4, 0.5) is 19.1 Å². The van der Waals surface area contributed by atoms with Crippen molar-refractivity contribution in [2.45, 2.75) is 52.0 Å². The number of halogens is 3. The van der Waals surface area contributed by atoms with Gasteiger partial charge >= 0.3 is 12.1 Å². The summed E-state index contributed by atoms with van der Waals surface area (Å²) in [7, 11) is 1.60. The van der Waals surface area contributed by atoms with E-state index in [1.54, 1.807) is 18.5 Å². The number of benzene rings is 1. The van der Waals surface area contributed by atoms with Crippen molar-refractivity contribution in [1.29, 1.82) is 0 Å². The molecule has 0 saturated carbocycles. The number of aromatic nitrogens is 5. The number of rotatable bonds is 4. The summed E-state index contributed by atoms with van der Waals surface area (Å²) in [6, 6.07) is 9.96. The Bertz CT molecular complexity index is 1830. The first-order valence-corrected chi connectivity index (χ1v) is 13.1. The molecule has 5 rings (SSSR count). The fourth-order valence-corrected chi connectivity index (χ4v) is 4.93. The fraction of sp³-hybridized carbons (Fsp3) is 0.393. The third-order valence-electron chi connectivity index (χ3n) is 6.89. The predicted molar refractivity (Wildman–Crippen MR) is 151 cm³/mol. The summed E-state index contributed by atoms with van der Waals surface area (Å²) in [6.07, 6.45) is -3.21. The summed E-state index contributed by atoms with van der Waals surface area (Å²) >= 11 is 0. The zero-order valence-electron chi connectivity index (χ0n) is 23.3. The van der Waals surface area contributed by atoms with Crippen molar-refractivity contribution >= 4 is 33.7 Å². The Balaban J connectivity index is 0.000000517. The van der Waals surface area contributed by atoms with Gasteiger partial charge in [0, 0.05) is 37.3 Å². The molecule has 1 fully saturated rings. The third kappa shape index (κ3) is 6.15. The van der Waals surface area contributed by atoms with Crippen LogP contribution in [0.2, 0.25) is 0 Å². The van der Waals surface area contributed by atoms with Crippen LogP contribution in [0.15, 0.2) is 39.9 Å². The van der Waals surface area contributed by atoms with E-state index < -0.39 is 12.1 Å². The van der Waals surface area contributed by atoms with Gasteiger partial charge in [0.2, 0.25) is 5.95 Å². The van der Waals surface area contributed by atoms with Crippen molar-refractivity contribution in [3.63, 3.8) is 0 Å². The predicted octanol–water partition coefficient (Wildman–Crippen LogP) is 2.39. The van der Waals surface area contributed by atoms with Crippen LogP contribution >= 0.6 is 0 Å². The lowest BCUT2D eigenvalue weighted by Crippen LogP contribution is -2.44. The summed E-state index contributed by atoms with van der Waals surface area (Å²) in [5.74, 6) is 3.75. The van der Waals surface area contributed by atoms with E-state index in [0.717, 1.165) is 41.5 Å². The molecule has 222 valence electrons. The summed E-state index contributed by atoms with van der Waals surface area (Å²) in [4.78, 5) is 47.7. The van der Waals surface area contributed by atoms with E-state index in [9.17, 15) is 22.8 Å². The van der Waals surface area contributed by atoms with Crippen LogP contribution in [0.1, 0.15) is 31.2 Å². The van der Waals surface area contributed by atoms with Gasteiger partial charge in [-0.25, -0.2) is 19.1 Å². The quantitative estimate of drug-likeness (QED) is 0.348. The van der Waals surface area contributed by atoms with E-state index in [1.165, 1.54) is 9.36 Å². The highest BCUT2D eigenvalue weighted by Gasteiger charge is 2.38. The zero-order valence-corrected chi connectivity index (χ0v) is 23.3. The van der Waals surface area contributed by atoms with Crippen molar-refractivity contribution in [1.82, 2.24) is 23.9 Å². The van der Waals surface area contributed by atoms with Crippen LogP contribution in [-0.2, 0) is 24.9 Å². The molecule has 1 aliphatic rings. The van der Waals surface area contributed by atoms with Crippen LogP contribution in [0, 0.1) is 18.8 Å². The summed E-state index contributed by atoms with van der Waals surface area (Å²) in [5.41, 5.74) is 7.59. The van der Waals surface area contributed by atoms with Crippen LogP contribution in [0.3, 0.4) is 0 Å². The van der Waals surface area contributed by atoms with Crippen molar-refractivity contribution in [2.75, 3.05) is 18.0 Å². The van der Waals surface area contributed by atoms with Gasteiger partial charge in [-0.15, -0.1) is 5.92 Å². The van der Waals surface area contributed by atoms with Gasteiger partial charge in [0.05, 0.1) is 18.8 Å². The highest BCUT2D eigenvalue weighted by atomic mass is 19.4. The van der Waals surface area contributed by atoms with E-state index in [1.807, 2.05) is 37.3 Å². The molecule has 1 aliphatic heterocycles.